The van der Waals surface area contributed by atoms with Crippen molar-refractivity contribution in [2.75, 3.05) is 7.05 Å². The van der Waals surface area contributed by atoms with Crippen LogP contribution < -0.4 is 11.0 Å². The first kappa shape index (κ1) is 23.7. The van der Waals surface area contributed by atoms with E-state index in [1.165, 1.54) is 6.20 Å². The monoisotopic (exact) mass is 365 g/mol. The van der Waals surface area contributed by atoms with Crippen molar-refractivity contribution in [1.29, 1.82) is 5.41 Å². The van der Waals surface area contributed by atoms with E-state index in [9.17, 15) is 4.79 Å². The zero-order valence-corrected chi connectivity index (χ0v) is 17.2. The number of amidine groups is 1. The van der Waals surface area contributed by atoms with Crippen LogP contribution in [0.4, 0.5) is 4.79 Å². The summed E-state index contributed by atoms with van der Waals surface area (Å²) in [4.78, 5) is 14.0. The van der Waals surface area contributed by atoms with Gasteiger partial charge in [0.1, 0.15) is 11.4 Å². The Morgan fingerprint density at radius 3 is 2.42 bits per heavy atom. The molecule has 26 heavy (non-hydrogen) atoms. The zero-order valence-electron chi connectivity index (χ0n) is 17.2. The molecule has 0 bridgehead atoms. The molecular weight excluding hydrogens is 330 g/mol. The third-order valence-electron chi connectivity index (χ3n) is 3.28. The van der Waals surface area contributed by atoms with E-state index in [1.54, 1.807) is 26.8 Å². The number of carbonyl (C=O) groups excluding carboxylic acids is 1. The maximum Gasteiger partial charge on any atom is 0.430 e. The van der Waals surface area contributed by atoms with Gasteiger partial charge in [0.25, 0.3) is 0 Å². The first-order chi connectivity index (χ1) is 12.0. The Labute approximate surface area is 158 Å². The number of nitrogens with zero attached hydrogens (tertiary/aromatic N) is 2. The summed E-state index contributed by atoms with van der Waals surface area (Å²) in [6.45, 7) is 15.3. The lowest BCUT2D eigenvalue weighted by Gasteiger charge is -2.28. The lowest BCUT2D eigenvalue weighted by molar-refractivity contribution is 0.0234. The molecule has 148 valence electrons. The third kappa shape index (κ3) is 9.88. The highest BCUT2D eigenvalue weighted by atomic mass is 16.6. The molecule has 0 aliphatic rings. The van der Waals surface area contributed by atoms with Gasteiger partial charge in [-0.1, -0.05) is 39.5 Å². The van der Waals surface area contributed by atoms with Crippen molar-refractivity contribution < 1.29 is 9.53 Å². The van der Waals surface area contributed by atoms with Crippen LogP contribution in [0.15, 0.2) is 37.2 Å². The molecule has 1 atom stereocenters. The molecule has 3 N–H and O–H groups in total. The molecule has 0 heterocycles. The van der Waals surface area contributed by atoms with E-state index in [1.807, 2.05) is 18.1 Å². The number of nitrogens with one attached hydrogen (secondary N) is 3. The molecule has 0 aromatic rings. The molecule has 0 aromatic carbocycles. The van der Waals surface area contributed by atoms with Gasteiger partial charge in [0.05, 0.1) is 0 Å². The van der Waals surface area contributed by atoms with E-state index in [4.69, 9.17) is 10.1 Å². The molecule has 0 aliphatic heterocycles. The van der Waals surface area contributed by atoms with Gasteiger partial charge in [-0.25, -0.2) is 9.80 Å². The zero-order chi connectivity index (χ0) is 20.3. The number of likely N-dealkylation sites (N-methyl/N-ethyl adjacent to an activating group) is 1. The second-order valence-corrected chi connectivity index (χ2v) is 7.24. The number of hydrogen-bond acceptors (Lipinski definition) is 5. The van der Waals surface area contributed by atoms with Crippen LogP contribution in [0.3, 0.4) is 0 Å². The molecule has 0 spiro atoms. The lowest BCUT2D eigenvalue weighted by Crippen LogP contribution is -2.50. The molecule has 7 heteroatoms. The molecule has 0 saturated heterocycles. The maximum atomic E-state index is 12.0. The summed E-state index contributed by atoms with van der Waals surface area (Å²) >= 11 is 0. The quantitative estimate of drug-likeness (QED) is 0.251. The predicted molar refractivity (Wildman–Crippen MR) is 107 cm³/mol. The van der Waals surface area contributed by atoms with Crippen molar-refractivity contribution in [1.82, 2.24) is 20.9 Å². The van der Waals surface area contributed by atoms with Gasteiger partial charge < -0.3 is 9.64 Å². The van der Waals surface area contributed by atoms with Crippen LogP contribution >= 0.6 is 0 Å². The smallest absolute Gasteiger partial charge is 0.430 e. The highest BCUT2D eigenvalue weighted by Crippen LogP contribution is 2.11. The number of allylic oxidation sites excluding steroid dienone is 1. The Morgan fingerprint density at radius 2 is 1.96 bits per heavy atom. The second kappa shape index (κ2) is 11.4. The van der Waals surface area contributed by atoms with Gasteiger partial charge in [0.2, 0.25) is 0 Å². The van der Waals surface area contributed by atoms with Gasteiger partial charge >= 0.3 is 6.09 Å². The fraction of sp³-hybridized carbons (Fsp3) is 0.579. The molecular formula is C19H35N5O2. The van der Waals surface area contributed by atoms with Crippen LogP contribution in [0.1, 0.15) is 48.0 Å². The first-order valence-corrected chi connectivity index (χ1v) is 8.83. The van der Waals surface area contributed by atoms with Crippen molar-refractivity contribution in [2.45, 2.75) is 59.6 Å². The Balaban J connectivity index is 4.67. The largest absolute Gasteiger partial charge is 0.442 e. The van der Waals surface area contributed by atoms with Crippen LogP contribution in [0.2, 0.25) is 0 Å². The highest BCUT2D eigenvalue weighted by Gasteiger charge is 2.20. The fourth-order valence-corrected chi connectivity index (χ4v) is 2.03. The Kier molecular flexibility index (Phi) is 10.4. The summed E-state index contributed by atoms with van der Waals surface area (Å²) in [5.74, 6) is 0.533. The van der Waals surface area contributed by atoms with Crippen molar-refractivity contribution >= 4 is 11.9 Å². The molecule has 0 fully saturated rings. The average molecular weight is 366 g/mol. The normalized spacial score (nSPS) is 13.1. The standard InChI is InChI=1S/C19H35N5O2/c1-9-11-12-16(15(3)4)23(8)14-13-17(20)21-22-24(10-2)18(25)26-19(5,6)7/h10-16,22H,2,9H2,1,3-8H3,(H2,20,21)/b12-11?,14-13-. The average Bonchev–Trinajstić information content (AvgIpc) is 2.51. The summed E-state index contributed by atoms with van der Waals surface area (Å²) in [6, 6.07) is 0.249. The number of ether oxygens (including phenoxy) is 1. The topological polar surface area (TPSA) is 80.7 Å². The van der Waals surface area contributed by atoms with Gasteiger partial charge in [-0.3, -0.25) is 10.8 Å². The van der Waals surface area contributed by atoms with E-state index >= 15 is 0 Å². The summed E-state index contributed by atoms with van der Waals surface area (Å²) in [5.41, 5.74) is 4.59. The second-order valence-electron chi connectivity index (χ2n) is 7.24. The van der Waals surface area contributed by atoms with Crippen LogP contribution in [0.25, 0.3) is 0 Å². The highest BCUT2D eigenvalue weighted by molar-refractivity contribution is 5.89. The summed E-state index contributed by atoms with van der Waals surface area (Å²) in [6.07, 6.45) is 9.40. The number of rotatable bonds is 9. The third-order valence-corrected chi connectivity index (χ3v) is 3.28. The van der Waals surface area contributed by atoms with Crippen LogP contribution in [-0.4, -0.2) is 40.5 Å². The first-order valence-electron chi connectivity index (χ1n) is 8.83. The minimum absolute atomic E-state index is 0.0919. The molecule has 0 saturated carbocycles. The number of hydrazine groups is 2. The lowest BCUT2D eigenvalue weighted by atomic mass is 10.0. The Hall–Kier alpha value is -2.28. The Morgan fingerprint density at radius 1 is 1.35 bits per heavy atom. The van der Waals surface area contributed by atoms with Gasteiger partial charge in [-0.05, 0) is 39.2 Å². The number of amides is 1. The number of carbonyl (C=O) groups is 1. The van der Waals surface area contributed by atoms with Gasteiger partial charge in [0, 0.05) is 25.5 Å². The predicted octanol–water partition coefficient (Wildman–Crippen LogP) is 3.79. The molecule has 0 aliphatic carbocycles. The summed E-state index contributed by atoms with van der Waals surface area (Å²) in [7, 11) is 1.97. The fourth-order valence-electron chi connectivity index (χ4n) is 2.03. The van der Waals surface area contributed by atoms with Crippen LogP contribution in [0.5, 0.6) is 0 Å². The van der Waals surface area contributed by atoms with Gasteiger partial charge in [-0.15, -0.1) is 5.53 Å². The Bertz CT molecular complexity index is 521. The van der Waals surface area contributed by atoms with Crippen molar-refractivity contribution in [2.24, 2.45) is 5.92 Å². The van der Waals surface area contributed by atoms with E-state index in [0.29, 0.717) is 5.92 Å². The van der Waals surface area contributed by atoms with E-state index < -0.39 is 11.7 Å². The van der Waals surface area contributed by atoms with E-state index in [-0.39, 0.29) is 11.9 Å². The molecule has 1 unspecified atom stereocenters. The van der Waals surface area contributed by atoms with E-state index in [0.717, 1.165) is 11.4 Å². The molecule has 0 rings (SSSR count). The van der Waals surface area contributed by atoms with Gasteiger partial charge in [0.15, 0.2) is 0 Å². The molecule has 1 amide bonds. The SMILES string of the molecule is C=CN(NNC(=N)/C=C\N(C)C(C=CCC)C(C)C)C(=O)OC(C)(C)C. The number of hydrogen-bond donors (Lipinski definition) is 3. The van der Waals surface area contributed by atoms with E-state index in [2.05, 4.69) is 50.5 Å². The molecule has 0 radical (unpaired) electrons. The maximum absolute atomic E-state index is 12.0. The van der Waals surface area contributed by atoms with Crippen molar-refractivity contribution in [3.05, 3.63) is 37.2 Å². The molecule has 7 nitrogen and oxygen atoms in total. The van der Waals surface area contributed by atoms with Crippen molar-refractivity contribution in [3.63, 3.8) is 0 Å². The minimum Gasteiger partial charge on any atom is -0.442 e. The van der Waals surface area contributed by atoms with Crippen LogP contribution in [0, 0.1) is 11.3 Å². The van der Waals surface area contributed by atoms with Gasteiger partial charge in [-0.2, -0.15) is 0 Å². The van der Waals surface area contributed by atoms with Crippen molar-refractivity contribution in [3.8, 4) is 0 Å². The van der Waals surface area contributed by atoms with Crippen LogP contribution in [-0.2, 0) is 4.74 Å². The molecule has 0 aromatic heterocycles. The summed E-state index contributed by atoms with van der Waals surface area (Å²) < 4.78 is 5.23. The summed E-state index contributed by atoms with van der Waals surface area (Å²) in [5, 5.41) is 8.98. The minimum atomic E-state index is -0.617.